The lowest BCUT2D eigenvalue weighted by Crippen LogP contribution is -2.54. The van der Waals surface area contributed by atoms with Gasteiger partial charge in [-0.3, -0.25) is 4.79 Å². The third-order valence-corrected chi connectivity index (χ3v) is 4.44. The van der Waals surface area contributed by atoms with Crippen LogP contribution in [-0.4, -0.2) is 18.0 Å². The minimum absolute atomic E-state index is 0.0819. The molecule has 5 heteroatoms. The highest BCUT2D eigenvalue weighted by Crippen LogP contribution is 2.34. The van der Waals surface area contributed by atoms with E-state index < -0.39 is 5.54 Å². The van der Waals surface area contributed by atoms with Crippen LogP contribution >= 0.6 is 23.2 Å². The lowest BCUT2D eigenvalue weighted by Gasteiger charge is -2.33. The molecule has 19 heavy (non-hydrogen) atoms. The summed E-state index contributed by atoms with van der Waals surface area (Å²) < 4.78 is 0. The maximum Gasteiger partial charge on any atom is 0.244 e. The molecule has 0 aromatic heterocycles. The summed E-state index contributed by atoms with van der Waals surface area (Å²) in [5.41, 5.74) is 0.847. The van der Waals surface area contributed by atoms with Crippen molar-refractivity contribution in [2.75, 3.05) is 11.9 Å². The number of piperidine rings is 1. The number of carbonyl (C=O) groups is 1. The van der Waals surface area contributed by atoms with Gasteiger partial charge in [0, 0.05) is 0 Å². The number of amides is 1. The van der Waals surface area contributed by atoms with Crippen molar-refractivity contribution >= 4 is 34.8 Å². The Labute approximate surface area is 123 Å². The van der Waals surface area contributed by atoms with Gasteiger partial charge in [-0.2, -0.15) is 0 Å². The number of anilines is 1. The van der Waals surface area contributed by atoms with Crippen molar-refractivity contribution in [3.05, 3.63) is 27.7 Å². The van der Waals surface area contributed by atoms with Gasteiger partial charge in [0.15, 0.2) is 0 Å². The van der Waals surface area contributed by atoms with Crippen molar-refractivity contribution < 1.29 is 4.79 Å². The molecule has 0 bridgehead atoms. The lowest BCUT2D eigenvalue weighted by atomic mass is 9.90. The van der Waals surface area contributed by atoms with Crippen LogP contribution < -0.4 is 10.6 Å². The second kappa shape index (κ2) is 5.70. The summed E-state index contributed by atoms with van der Waals surface area (Å²) in [6.07, 6.45) is 2.97. The molecule has 3 nitrogen and oxygen atoms in total. The van der Waals surface area contributed by atoms with Crippen LogP contribution in [0.5, 0.6) is 0 Å². The highest BCUT2D eigenvalue weighted by atomic mass is 35.5. The average Bonchev–Trinajstić information content (AvgIpc) is 2.40. The standard InChI is InChI=1S/C14H18Cl2N2O/c1-9-5-6-10(15)12(11(9)16)18-13(19)14(2)7-3-4-8-17-14/h5-6,17H,3-4,7-8H2,1-2H3,(H,18,19). The first kappa shape index (κ1) is 14.6. The number of hydrogen-bond acceptors (Lipinski definition) is 2. The first-order chi connectivity index (χ1) is 8.94. The predicted molar refractivity (Wildman–Crippen MR) is 80.1 cm³/mol. The first-order valence-electron chi connectivity index (χ1n) is 6.45. The molecule has 1 aliphatic heterocycles. The molecular weight excluding hydrogens is 283 g/mol. The van der Waals surface area contributed by atoms with E-state index in [9.17, 15) is 4.79 Å². The molecule has 2 rings (SSSR count). The Kier molecular flexibility index (Phi) is 4.39. The number of carbonyl (C=O) groups excluding carboxylic acids is 1. The van der Waals surface area contributed by atoms with E-state index in [1.165, 1.54) is 0 Å². The van der Waals surface area contributed by atoms with Crippen molar-refractivity contribution in [2.45, 2.75) is 38.6 Å². The van der Waals surface area contributed by atoms with Gasteiger partial charge in [-0.05, 0) is 51.3 Å². The normalized spacial score (nSPS) is 23.2. The Balaban J connectivity index is 2.21. The quantitative estimate of drug-likeness (QED) is 0.873. The van der Waals surface area contributed by atoms with Crippen molar-refractivity contribution in [2.24, 2.45) is 0 Å². The minimum atomic E-state index is -0.547. The maximum absolute atomic E-state index is 12.4. The molecule has 0 saturated carbocycles. The number of benzene rings is 1. The van der Waals surface area contributed by atoms with Crippen LogP contribution in [0.3, 0.4) is 0 Å². The van der Waals surface area contributed by atoms with E-state index in [1.807, 2.05) is 19.9 Å². The molecule has 0 aliphatic carbocycles. The highest BCUT2D eigenvalue weighted by molar-refractivity contribution is 6.40. The molecule has 104 valence electrons. The molecule has 0 spiro atoms. The van der Waals surface area contributed by atoms with Gasteiger partial charge in [0.05, 0.1) is 21.3 Å². The highest BCUT2D eigenvalue weighted by Gasteiger charge is 2.34. The monoisotopic (exact) mass is 300 g/mol. The van der Waals surface area contributed by atoms with E-state index in [-0.39, 0.29) is 5.91 Å². The molecule has 0 radical (unpaired) electrons. The number of hydrogen-bond donors (Lipinski definition) is 2. The molecule has 1 heterocycles. The zero-order valence-corrected chi connectivity index (χ0v) is 12.7. The van der Waals surface area contributed by atoms with Gasteiger partial charge in [-0.1, -0.05) is 29.3 Å². The Morgan fingerprint density at radius 3 is 2.74 bits per heavy atom. The van der Waals surface area contributed by atoms with Crippen LogP contribution in [0.25, 0.3) is 0 Å². The fraction of sp³-hybridized carbons (Fsp3) is 0.500. The largest absolute Gasteiger partial charge is 0.322 e. The minimum Gasteiger partial charge on any atom is -0.322 e. The Bertz CT molecular complexity index is 496. The zero-order chi connectivity index (χ0) is 14.0. The van der Waals surface area contributed by atoms with E-state index in [0.29, 0.717) is 15.7 Å². The maximum atomic E-state index is 12.4. The van der Waals surface area contributed by atoms with Crippen molar-refractivity contribution in [3.8, 4) is 0 Å². The molecule has 1 amide bonds. The zero-order valence-electron chi connectivity index (χ0n) is 11.1. The van der Waals surface area contributed by atoms with E-state index >= 15 is 0 Å². The van der Waals surface area contributed by atoms with Crippen LogP contribution in [0, 0.1) is 6.92 Å². The third-order valence-electron chi connectivity index (χ3n) is 3.64. The Morgan fingerprint density at radius 2 is 2.11 bits per heavy atom. The topological polar surface area (TPSA) is 41.1 Å². The number of nitrogens with one attached hydrogen (secondary N) is 2. The molecule has 2 N–H and O–H groups in total. The van der Waals surface area contributed by atoms with Gasteiger partial charge in [-0.15, -0.1) is 0 Å². The molecule has 1 saturated heterocycles. The SMILES string of the molecule is Cc1ccc(Cl)c(NC(=O)C2(C)CCCCN2)c1Cl. The summed E-state index contributed by atoms with van der Waals surface area (Å²) in [5.74, 6) is -0.0819. The third kappa shape index (κ3) is 3.04. The second-order valence-electron chi connectivity index (χ2n) is 5.22. The molecule has 1 aromatic rings. The fourth-order valence-corrected chi connectivity index (χ4v) is 2.74. The van der Waals surface area contributed by atoms with Gasteiger partial charge in [0.25, 0.3) is 0 Å². The van der Waals surface area contributed by atoms with E-state index in [1.54, 1.807) is 6.07 Å². The summed E-state index contributed by atoms with van der Waals surface area (Å²) in [6.45, 7) is 4.66. The summed E-state index contributed by atoms with van der Waals surface area (Å²) in [5, 5.41) is 7.10. The van der Waals surface area contributed by atoms with Gasteiger partial charge >= 0.3 is 0 Å². The van der Waals surface area contributed by atoms with Gasteiger partial charge in [-0.25, -0.2) is 0 Å². The second-order valence-corrected chi connectivity index (χ2v) is 6.01. The number of aryl methyl sites for hydroxylation is 1. The van der Waals surface area contributed by atoms with Crippen LogP contribution in [0.2, 0.25) is 10.0 Å². The predicted octanol–water partition coefficient (Wildman–Crippen LogP) is 3.77. The summed E-state index contributed by atoms with van der Waals surface area (Å²) in [4.78, 5) is 12.4. The van der Waals surface area contributed by atoms with E-state index in [2.05, 4.69) is 10.6 Å². The van der Waals surface area contributed by atoms with Crippen molar-refractivity contribution in [3.63, 3.8) is 0 Å². The van der Waals surface area contributed by atoms with Crippen LogP contribution in [0.1, 0.15) is 31.7 Å². The van der Waals surface area contributed by atoms with Gasteiger partial charge < -0.3 is 10.6 Å². The molecule has 1 aromatic carbocycles. The smallest absolute Gasteiger partial charge is 0.244 e. The Hall–Kier alpha value is -0.770. The van der Waals surface area contributed by atoms with Crippen LogP contribution in [0.15, 0.2) is 12.1 Å². The van der Waals surface area contributed by atoms with E-state index in [4.69, 9.17) is 23.2 Å². The number of rotatable bonds is 2. The molecule has 1 unspecified atom stereocenters. The summed E-state index contributed by atoms with van der Waals surface area (Å²) in [6, 6.07) is 3.58. The molecular formula is C14H18Cl2N2O. The summed E-state index contributed by atoms with van der Waals surface area (Å²) >= 11 is 12.3. The van der Waals surface area contributed by atoms with Gasteiger partial charge in [0.1, 0.15) is 0 Å². The van der Waals surface area contributed by atoms with Crippen LogP contribution in [-0.2, 0) is 4.79 Å². The fourth-order valence-electron chi connectivity index (χ4n) is 2.27. The average molecular weight is 301 g/mol. The summed E-state index contributed by atoms with van der Waals surface area (Å²) in [7, 11) is 0. The molecule has 1 aliphatic rings. The molecule has 1 atom stereocenters. The van der Waals surface area contributed by atoms with Crippen molar-refractivity contribution in [1.29, 1.82) is 0 Å². The van der Waals surface area contributed by atoms with Gasteiger partial charge in [0.2, 0.25) is 5.91 Å². The Morgan fingerprint density at radius 1 is 1.37 bits per heavy atom. The molecule has 1 fully saturated rings. The van der Waals surface area contributed by atoms with Crippen molar-refractivity contribution in [1.82, 2.24) is 5.32 Å². The number of halogens is 2. The van der Waals surface area contributed by atoms with E-state index in [0.717, 1.165) is 31.4 Å². The first-order valence-corrected chi connectivity index (χ1v) is 7.21. The van der Waals surface area contributed by atoms with Crippen LogP contribution in [0.4, 0.5) is 5.69 Å². The lowest BCUT2D eigenvalue weighted by molar-refractivity contribution is -0.122.